The second-order valence-corrected chi connectivity index (χ2v) is 10.3. The van der Waals surface area contributed by atoms with Crippen LogP contribution in [0.15, 0.2) is 77.7 Å². The van der Waals surface area contributed by atoms with E-state index in [9.17, 15) is 34.6 Å². The number of amides is 2. The summed E-state index contributed by atoms with van der Waals surface area (Å²) in [6.07, 6.45) is 0. The van der Waals surface area contributed by atoms with Crippen LogP contribution in [0.1, 0.15) is 23.0 Å². The fourth-order valence-corrected chi connectivity index (χ4v) is 5.60. The first kappa shape index (κ1) is 29.7. The SMILES string of the molecule is CCOC(=O)C(=O)Nc1ccc2c(c1)-c1c(c(C(=O)C(C#N)C(=O)Nc3cccc([N+](=O)[O-])c3)nn1-c1ccccc1)CS2. The molecule has 5 rings (SSSR count). The van der Waals surface area contributed by atoms with Crippen LogP contribution in [0.3, 0.4) is 0 Å². The Balaban J connectivity index is 1.54. The van der Waals surface area contributed by atoms with Crippen LogP contribution >= 0.6 is 11.8 Å². The topological polar surface area (TPSA) is 186 Å². The minimum absolute atomic E-state index is 0.0382. The third kappa shape index (κ3) is 5.90. The number of nitrogens with zero attached hydrogens (tertiary/aromatic N) is 4. The molecule has 1 aliphatic heterocycles. The van der Waals surface area contributed by atoms with Crippen LogP contribution in [0.25, 0.3) is 16.9 Å². The average molecular weight is 611 g/mol. The number of nitrogens with one attached hydrogen (secondary N) is 2. The van der Waals surface area contributed by atoms with Crippen molar-refractivity contribution in [1.29, 1.82) is 5.26 Å². The molecular formula is C30H22N6O7S. The maximum absolute atomic E-state index is 13.8. The quantitative estimate of drug-likeness (QED) is 0.0717. The molecule has 1 aliphatic rings. The first-order valence-electron chi connectivity index (χ1n) is 13.1. The molecule has 0 bridgehead atoms. The second kappa shape index (κ2) is 12.6. The van der Waals surface area contributed by atoms with Crippen molar-refractivity contribution >= 4 is 52.4 Å². The van der Waals surface area contributed by atoms with E-state index in [-0.39, 0.29) is 29.4 Å². The number of hydrogen-bond acceptors (Lipinski definition) is 10. The molecule has 1 aromatic heterocycles. The fraction of sp³-hybridized carbons (Fsp3) is 0.133. The number of nitriles is 1. The van der Waals surface area contributed by atoms with E-state index in [1.807, 2.05) is 6.07 Å². The number of aromatic nitrogens is 2. The number of non-ortho nitro benzene ring substituents is 1. The highest BCUT2D eigenvalue weighted by atomic mass is 32.2. The molecular weight excluding hydrogens is 588 g/mol. The van der Waals surface area contributed by atoms with Crippen molar-refractivity contribution in [2.45, 2.75) is 17.6 Å². The van der Waals surface area contributed by atoms with Gasteiger partial charge in [-0.2, -0.15) is 10.4 Å². The Bertz CT molecular complexity index is 1870. The summed E-state index contributed by atoms with van der Waals surface area (Å²) in [5.41, 5.74) is 2.16. The van der Waals surface area contributed by atoms with E-state index in [0.717, 1.165) is 11.0 Å². The maximum Gasteiger partial charge on any atom is 0.397 e. The van der Waals surface area contributed by atoms with E-state index in [4.69, 9.17) is 4.74 Å². The fourth-order valence-electron chi connectivity index (χ4n) is 4.55. The Hall–Kier alpha value is -5.81. The molecule has 0 aliphatic carbocycles. The van der Waals surface area contributed by atoms with Gasteiger partial charge in [-0.05, 0) is 43.3 Å². The van der Waals surface area contributed by atoms with Gasteiger partial charge in [0.2, 0.25) is 11.7 Å². The molecule has 13 nitrogen and oxygen atoms in total. The van der Waals surface area contributed by atoms with E-state index in [2.05, 4.69) is 15.7 Å². The van der Waals surface area contributed by atoms with Gasteiger partial charge >= 0.3 is 11.9 Å². The molecule has 0 fully saturated rings. The molecule has 3 aromatic carbocycles. The molecule has 4 aromatic rings. The number of fused-ring (bicyclic) bond motifs is 3. The predicted octanol–water partition coefficient (Wildman–Crippen LogP) is 4.52. The van der Waals surface area contributed by atoms with Crippen LogP contribution in [0.2, 0.25) is 0 Å². The van der Waals surface area contributed by atoms with E-state index >= 15 is 0 Å². The number of para-hydroxylation sites is 1. The van der Waals surface area contributed by atoms with Gasteiger partial charge in [-0.15, -0.1) is 11.8 Å². The summed E-state index contributed by atoms with van der Waals surface area (Å²) in [5.74, 6) is -5.32. The number of rotatable bonds is 8. The first-order valence-corrected chi connectivity index (χ1v) is 14.1. The number of anilines is 2. The normalized spacial score (nSPS) is 12.1. The van der Waals surface area contributed by atoms with E-state index in [0.29, 0.717) is 28.2 Å². The van der Waals surface area contributed by atoms with Crippen molar-refractivity contribution in [2.75, 3.05) is 17.2 Å². The number of hydrogen-bond donors (Lipinski definition) is 2. The summed E-state index contributed by atoms with van der Waals surface area (Å²) in [7, 11) is 0. The van der Waals surface area contributed by atoms with E-state index in [1.165, 1.54) is 34.6 Å². The molecule has 0 saturated carbocycles. The monoisotopic (exact) mass is 610 g/mol. The lowest BCUT2D eigenvalue weighted by Crippen LogP contribution is -2.29. The van der Waals surface area contributed by atoms with Gasteiger partial charge in [0, 0.05) is 45.3 Å². The molecule has 0 saturated heterocycles. The molecule has 2 heterocycles. The van der Waals surface area contributed by atoms with Crippen LogP contribution in [0.4, 0.5) is 17.1 Å². The smallest absolute Gasteiger partial charge is 0.397 e. The number of nitro benzene ring substituents is 1. The summed E-state index contributed by atoms with van der Waals surface area (Å²) in [6.45, 7) is 1.62. The highest BCUT2D eigenvalue weighted by Crippen LogP contribution is 2.45. The Kier molecular flexibility index (Phi) is 8.49. The highest BCUT2D eigenvalue weighted by molar-refractivity contribution is 7.98. The molecule has 2 N–H and O–H groups in total. The zero-order chi connectivity index (χ0) is 31.4. The van der Waals surface area contributed by atoms with Crippen LogP contribution < -0.4 is 10.6 Å². The van der Waals surface area contributed by atoms with Crippen LogP contribution in [0.5, 0.6) is 0 Å². The Labute approximate surface area is 254 Å². The third-order valence-corrected chi connectivity index (χ3v) is 7.62. The molecule has 1 unspecified atom stereocenters. The number of thioether (sulfide) groups is 1. The number of nitro groups is 1. The van der Waals surface area contributed by atoms with Gasteiger partial charge in [0.25, 0.3) is 5.69 Å². The molecule has 0 spiro atoms. The van der Waals surface area contributed by atoms with Crippen LogP contribution in [-0.4, -0.2) is 44.9 Å². The molecule has 1 atom stereocenters. The van der Waals surface area contributed by atoms with Gasteiger partial charge in [-0.1, -0.05) is 24.3 Å². The predicted molar refractivity (Wildman–Crippen MR) is 159 cm³/mol. The van der Waals surface area contributed by atoms with Gasteiger partial charge in [0.15, 0.2) is 5.92 Å². The number of ether oxygens (including phenoxy) is 1. The van der Waals surface area contributed by atoms with E-state index in [1.54, 1.807) is 55.5 Å². The van der Waals surface area contributed by atoms with Crippen molar-refractivity contribution in [2.24, 2.45) is 5.92 Å². The second-order valence-electron chi connectivity index (χ2n) is 9.32. The van der Waals surface area contributed by atoms with Gasteiger partial charge in [0.1, 0.15) is 5.69 Å². The minimum atomic E-state index is -1.81. The van der Waals surface area contributed by atoms with Crippen LogP contribution in [-0.2, 0) is 24.9 Å². The lowest BCUT2D eigenvalue weighted by atomic mass is 9.97. The molecule has 0 radical (unpaired) electrons. The molecule has 14 heteroatoms. The lowest BCUT2D eigenvalue weighted by Gasteiger charge is -2.19. The van der Waals surface area contributed by atoms with Crippen molar-refractivity contribution in [3.63, 3.8) is 0 Å². The standard InChI is InChI=1S/C30H22N6O7S/c1-2-43-30(40)29(39)33-18-11-12-24-21(14-18)26-23(16-44-24)25(34-35(26)19-8-4-3-5-9-19)27(37)22(15-31)28(38)32-17-7-6-10-20(13-17)36(41)42/h3-14,22H,2,16H2,1H3,(H,32,38)(H,33,39). The van der Waals surface area contributed by atoms with Gasteiger partial charge < -0.3 is 15.4 Å². The summed E-state index contributed by atoms with van der Waals surface area (Å²) in [4.78, 5) is 62.4. The Morgan fingerprint density at radius 2 is 1.82 bits per heavy atom. The maximum atomic E-state index is 13.8. The molecule has 220 valence electrons. The Morgan fingerprint density at radius 1 is 1.07 bits per heavy atom. The number of carbonyl (C=O) groups is 4. The van der Waals surface area contributed by atoms with Crippen molar-refractivity contribution in [3.8, 4) is 23.0 Å². The van der Waals surface area contributed by atoms with Crippen molar-refractivity contribution in [1.82, 2.24) is 9.78 Å². The van der Waals surface area contributed by atoms with E-state index < -0.39 is 34.4 Å². The highest BCUT2D eigenvalue weighted by Gasteiger charge is 2.36. The average Bonchev–Trinajstić information content (AvgIpc) is 3.42. The minimum Gasteiger partial charge on any atom is -0.459 e. The zero-order valence-electron chi connectivity index (χ0n) is 23.0. The number of benzene rings is 3. The Morgan fingerprint density at radius 3 is 2.52 bits per heavy atom. The van der Waals surface area contributed by atoms with Gasteiger partial charge in [0.05, 0.1) is 29.0 Å². The summed E-state index contributed by atoms with van der Waals surface area (Å²) >= 11 is 1.39. The third-order valence-electron chi connectivity index (χ3n) is 6.52. The number of carbonyl (C=O) groups excluding carboxylic acids is 4. The van der Waals surface area contributed by atoms with Gasteiger partial charge in [-0.25, -0.2) is 9.48 Å². The molecule has 2 amide bonds. The van der Waals surface area contributed by atoms with Crippen molar-refractivity contribution in [3.05, 3.63) is 94.2 Å². The van der Waals surface area contributed by atoms with Crippen LogP contribution in [0, 0.1) is 27.4 Å². The number of ketones is 1. The lowest BCUT2D eigenvalue weighted by molar-refractivity contribution is -0.384. The number of esters is 1. The van der Waals surface area contributed by atoms with Crippen molar-refractivity contribution < 1.29 is 28.8 Å². The molecule has 44 heavy (non-hydrogen) atoms. The van der Waals surface area contributed by atoms with Gasteiger partial charge in [-0.3, -0.25) is 24.5 Å². The summed E-state index contributed by atoms with van der Waals surface area (Å²) < 4.78 is 6.29. The largest absolute Gasteiger partial charge is 0.459 e. The first-order chi connectivity index (χ1) is 21.2. The summed E-state index contributed by atoms with van der Waals surface area (Å²) in [5, 5.41) is 30.5. The zero-order valence-corrected chi connectivity index (χ0v) is 23.8. The summed E-state index contributed by atoms with van der Waals surface area (Å²) in [6, 6.07) is 20.8. The number of Topliss-reactive ketones (excluding diaryl/α,β-unsaturated/α-hetero) is 1.